The van der Waals surface area contributed by atoms with Gasteiger partial charge in [-0.2, -0.15) is 0 Å². The van der Waals surface area contributed by atoms with Crippen molar-refractivity contribution in [1.29, 1.82) is 0 Å². The molecule has 52 valence electrons. The molecule has 2 aliphatic rings. The Morgan fingerprint density at radius 1 is 1.33 bits per heavy atom. The number of hydrogen-bond donors (Lipinski definition) is 1. The Kier molecular flexibility index (Phi) is 1.22. The fourth-order valence-electron chi connectivity index (χ4n) is 1.45. The largest absolute Gasteiger partial charge is 0.388 e. The highest BCUT2D eigenvalue weighted by molar-refractivity contribution is 4.88. The molecule has 2 rings (SSSR count). The second kappa shape index (κ2) is 1.94. The molecule has 2 saturated heterocycles. The molecular formula is C6H10O3. The molecule has 2 fully saturated rings. The summed E-state index contributed by atoms with van der Waals surface area (Å²) in [6.07, 6.45) is 0.726. The van der Waals surface area contributed by atoms with E-state index >= 15 is 0 Å². The summed E-state index contributed by atoms with van der Waals surface area (Å²) in [7, 11) is 0. The van der Waals surface area contributed by atoms with E-state index < -0.39 is 0 Å². The van der Waals surface area contributed by atoms with Gasteiger partial charge in [0.2, 0.25) is 0 Å². The Morgan fingerprint density at radius 2 is 2.22 bits per heavy atom. The minimum atomic E-state index is -0.377. The highest BCUT2D eigenvalue weighted by Gasteiger charge is 2.40. The van der Waals surface area contributed by atoms with Crippen LogP contribution < -0.4 is 0 Å². The van der Waals surface area contributed by atoms with Gasteiger partial charge in [0, 0.05) is 6.61 Å². The van der Waals surface area contributed by atoms with E-state index in [-0.39, 0.29) is 18.3 Å². The van der Waals surface area contributed by atoms with Gasteiger partial charge in [-0.25, -0.2) is 0 Å². The molecule has 0 radical (unpaired) electrons. The average Bonchev–Trinajstić information content (AvgIpc) is 2.35. The zero-order chi connectivity index (χ0) is 6.27. The summed E-state index contributed by atoms with van der Waals surface area (Å²) in [6.45, 7) is 1.20. The van der Waals surface area contributed by atoms with Crippen LogP contribution in [0.4, 0.5) is 0 Å². The maximum atomic E-state index is 9.15. The predicted molar refractivity (Wildman–Crippen MR) is 30.1 cm³/mol. The number of hydrogen-bond acceptors (Lipinski definition) is 3. The van der Waals surface area contributed by atoms with Crippen LogP contribution in [0.25, 0.3) is 0 Å². The van der Waals surface area contributed by atoms with Crippen molar-refractivity contribution in [3.05, 3.63) is 0 Å². The van der Waals surface area contributed by atoms with E-state index in [1.54, 1.807) is 0 Å². The Morgan fingerprint density at radius 3 is 3.00 bits per heavy atom. The third-order valence-corrected chi connectivity index (χ3v) is 1.94. The van der Waals surface area contributed by atoms with Gasteiger partial charge in [0.1, 0.15) is 12.2 Å². The lowest BCUT2D eigenvalue weighted by atomic mass is 10.1. The van der Waals surface area contributed by atoms with Crippen LogP contribution >= 0.6 is 0 Å². The molecule has 2 aliphatic heterocycles. The van der Waals surface area contributed by atoms with Gasteiger partial charge in [0.05, 0.1) is 12.7 Å². The minimum absolute atomic E-state index is 0.0231. The summed E-state index contributed by atoms with van der Waals surface area (Å²) in [5, 5.41) is 9.15. The lowest BCUT2D eigenvalue weighted by Gasteiger charge is -2.08. The number of aliphatic hydroxyl groups is 1. The third kappa shape index (κ3) is 0.764. The third-order valence-electron chi connectivity index (χ3n) is 1.94. The van der Waals surface area contributed by atoms with Crippen LogP contribution in [0, 0.1) is 0 Å². The summed E-state index contributed by atoms with van der Waals surface area (Å²) < 4.78 is 10.4. The summed E-state index contributed by atoms with van der Waals surface area (Å²) in [4.78, 5) is 0. The zero-order valence-electron chi connectivity index (χ0n) is 5.12. The second-order valence-corrected chi connectivity index (χ2v) is 2.56. The molecule has 3 nitrogen and oxygen atoms in total. The van der Waals surface area contributed by atoms with Crippen molar-refractivity contribution < 1.29 is 14.6 Å². The van der Waals surface area contributed by atoms with Gasteiger partial charge >= 0.3 is 0 Å². The van der Waals surface area contributed by atoms with Gasteiger partial charge < -0.3 is 14.6 Å². The first-order chi connectivity index (χ1) is 4.38. The molecular weight excluding hydrogens is 120 g/mol. The summed E-state index contributed by atoms with van der Waals surface area (Å²) in [6, 6.07) is 0. The maximum absolute atomic E-state index is 9.15. The Hall–Kier alpha value is -0.120. The van der Waals surface area contributed by atoms with E-state index in [0.717, 1.165) is 13.0 Å². The second-order valence-electron chi connectivity index (χ2n) is 2.56. The Balaban J connectivity index is 2.07. The Labute approximate surface area is 53.6 Å². The van der Waals surface area contributed by atoms with Crippen LogP contribution in [0.3, 0.4) is 0 Å². The highest BCUT2D eigenvalue weighted by atomic mass is 16.6. The van der Waals surface area contributed by atoms with Crippen molar-refractivity contribution in [3.63, 3.8) is 0 Å². The van der Waals surface area contributed by atoms with Crippen molar-refractivity contribution in [1.82, 2.24) is 0 Å². The smallest absolute Gasteiger partial charge is 0.112 e. The molecule has 0 aliphatic carbocycles. The normalized spacial score (nSPS) is 49.7. The average molecular weight is 130 g/mol. The number of rotatable bonds is 0. The van der Waals surface area contributed by atoms with E-state index in [1.165, 1.54) is 0 Å². The quantitative estimate of drug-likeness (QED) is 0.482. The minimum Gasteiger partial charge on any atom is -0.388 e. The first-order valence-electron chi connectivity index (χ1n) is 3.29. The molecule has 0 unspecified atom stereocenters. The van der Waals surface area contributed by atoms with E-state index in [4.69, 9.17) is 14.6 Å². The fraction of sp³-hybridized carbons (Fsp3) is 1.00. The standard InChI is InChI=1S/C6H10O3/c7-4-3-9-5-1-2-8-6(4)5/h4-7H,1-3H2/t4-,5+,6+/m0/s1. The predicted octanol–water partition coefficient (Wildman–Crippen LogP) is -0.465. The number of fused-ring (bicyclic) bond motifs is 1. The van der Waals surface area contributed by atoms with Gasteiger partial charge in [0.15, 0.2) is 0 Å². The van der Waals surface area contributed by atoms with Crippen molar-refractivity contribution in [3.8, 4) is 0 Å². The van der Waals surface area contributed by atoms with Crippen LogP contribution in [0.15, 0.2) is 0 Å². The molecule has 2 heterocycles. The zero-order valence-corrected chi connectivity index (χ0v) is 5.12. The van der Waals surface area contributed by atoms with Crippen LogP contribution in [-0.2, 0) is 9.47 Å². The van der Waals surface area contributed by atoms with Crippen molar-refractivity contribution >= 4 is 0 Å². The lowest BCUT2D eigenvalue weighted by molar-refractivity contribution is 0.0187. The van der Waals surface area contributed by atoms with E-state index in [2.05, 4.69) is 0 Å². The molecule has 0 amide bonds. The molecule has 0 aromatic heterocycles. The maximum Gasteiger partial charge on any atom is 0.112 e. The van der Waals surface area contributed by atoms with Crippen LogP contribution in [0.5, 0.6) is 0 Å². The summed E-state index contributed by atoms with van der Waals surface area (Å²) in [5.74, 6) is 0. The molecule has 3 heteroatoms. The molecule has 3 atom stereocenters. The van der Waals surface area contributed by atoms with Crippen LogP contribution in [0.2, 0.25) is 0 Å². The molecule has 0 aromatic carbocycles. The van der Waals surface area contributed by atoms with Crippen molar-refractivity contribution in [2.24, 2.45) is 0 Å². The number of ether oxygens (including phenoxy) is 2. The monoisotopic (exact) mass is 130 g/mol. The first kappa shape index (κ1) is 5.65. The molecule has 0 bridgehead atoms. The SMILES string of the molecule is O[C@H]1CO[C@@H]2CCO[C@H]12. The molecule has 1 N–H and O–H groups in total. The highest BCUT2D eigenvalue weighted by Crippen LogP contribution is 2.25. The van der Waals surface area contributed by atoms with Gasteiger partial charge in [-0.1, -0.05) is 0 Å². The molecule has 0 spiro atoms. The topological polar surface area (TPSA) is 38.7 Å². The van der Waals surface area contributed by atoms with Crippen molar-refractivity contribution in [2.75, 3.05) is 13.2 Å². The van der Waals surface area contributed by atoms with Gasteiger partial charge in [0.25, 0.3) is 0 Å². The molecule has 0 aromatic rings. The first-order valence-corrected chi connectivity index (χ1v) is 3.29. The summed E-state index contributed by atoms with van der Waals surface area (Å²) in [5.41, 5.74) is 0. The van der Waals surface area contributed by atoms with E-state index in [0.29, 0.717) is 6.61 Å². The van der Waals surface area contributed by atoms with Gasteiger partial charge in [-0.3, -0.25) is 0 Å². The van der Waals surface area contributed by atoms with E-state index in [1.807, 2.05) is 0 Å². The van der Waals surface area contributed by atoms with E-state index in [9.17, 15) is 0 Å². The molecule has 9 heavy (non-hydrogen) atoms. The summed E-state index contributed by atoms with van der Waals surface area (Å²) >= 11 is 0. The van der Waals surface area contributed by atoms with Gasteiger partial charge in [-0.05, 0) is 6.42 Å². The fourth-order valence-corrected chi connectivity index (χ4v) is 1.45. The Bertz CT molecular complexity index is 115. The van der Waals surface area contributed by atoms with Crippen molar-refractivity contribution in [2.45, 2.75) is 24.7 Å². The molecule has 0 saturated carbocycles. The van der Waals surface area contributed by atoms with Gasteiger partial charge in [-0.15, -0.1) is 0 Å². The van der Waals surface area contributed by atoms with Crippen LogP contribution in [0.1, 0.15) is 6.42 Å². The lowest BCUT2D eigenvalue weighted by Crippen LogP contribution is -2.26. The number of aliphatic hydroxyl groups excluding tert-OH is 1. The van der Waals surface area contributed by atoms with Crippen LogP contribution in [-0.4, -0.2) is 36.6 Å².